The summed E-state index contributed by atoms with van der Waals surface area (Å²) in [4.78, 5) is 12.0. The van der Waals surface area contributed by atoms with Crippen molar-refractivity contribution in [3.8, 4) is 11.5 Å². The first kappa shape index (κ1) is 17.3. The van der Waals surface area contributed by atoms with Gasteiger partial charge in [-0.1, -0.05) is 33.6 Å². The van der Waals surface area contributed by atoms with Gasteiger partial charge in [-0.2, -0.15) is 5.10 Å². The van der Waals surface area contributed by atoms with Crippen molar-refractivity contribution in [2.24, 2.45) is 5.10 Å². The lowest BCUT2D eigenvalue weighted by molar-refractivity contribution is 0.0955. The second-order valence-electron chi connectivity index (χ2n) is 4.44. The van der Waals surface area contributed by atoms with E-state index in [1.54, 1.807) is 30.3 Å². The second-order valence-corrected chi connectivity index (χ2v) is 5.76. The van der Waals surface area contributed by atoms with Crippen molar-refractivity contribution in [3.63, 3.8) is 0 Å². The van der Waals surface area contributed by atoms with Crippen LogP contribution >= 0.6 is 27.5 Å². The maximum atomic E-state index is 12.0. The van der Waals surface area contributed by atoms with E-state index in [0.29, 0.717) is 27.6 Å². The van der Waals surface area contributed by atoms with Gasteiger partial charge in [0.25, 0.3) is 5.91 Å². The molecule has 0 bridgehead atoms. The summed E-state index contributed by atoms with van der Waals surface area (Å²) >= 11 is 9.39. The number of nitrogens with one attached hydrogen (secondary N) is 1. The number of halogens is 2. The van der Waals surface area contributed by atoms with Gasteiger partial charge in [0.1, 0.15) is 11.5 Å². The lowest BCUT2D eigenvalue weighted by Gasteiger charge is -2.09. The molecule has 0 fully saturated rings. The molecular weight excluding hydrogens is 384 g/mol. The van der Waals surface area contributed by atoms with E-state index in [-0.39, 0.29) is 5.91 Å². The van der Waals surface area contributed by atoms with Gasteiger partial charge in [0, 0.05) is 21.7 Å². The number of nitrogens with zero attached hydrogens (tertiary/aromatic N) is 1. The maximum absolute atomic E-state index is 12.0. The lowest BCUT2D eigenvalue weighted by atomic mass is 10.2. The van der Waals surface area contributed by atoms with Crippen LogP contribution < -0.4 is 14.9 Å². The highest BCUT2D eigenvalue weighted by atomic mass is 79.9. The summed E-state index contributed by atoms with van der Waals surface area (Å²) in [6, 6.07) is 10.3. The SMILES string of the molecule is COc1cc(OC)c(/C=N\NC(=O)c2cccc(Br)c2)cc1Cl. The fraction of sp³-hybridized carbons (Fsp3) is 0.125. The average molecular weight is 398 g/mol. The van der Waals surface area contributed by atoms with E-state index in [9.17, 15) is 4.79 Å². The quantitative estimate of drug-likeness (QED) is 0.615. The zero-order valence-electron chi connectivity index (χ0n) is 12.5. The number of benzene rings is 2. The molecule has 5 nitrogen and oxygen atoms in total. The third-order valence-corrected chi connectivity index (χ3v) is 3.75. The summed E-state index contributed by atoms with van der Waals surface area (Å²) in [5, 5.41) is 4.36. The molecule has 0 saturated carbocycles. The van der Waals surface area contributed by atoms with Crippen molar-refractivity contribution >= 4 is 39.7 Å². The van der Waals surface area contributed by atoms with Crippen molar-refractivity contribution in [2.75, 3.05) is 14.2 Å². The predicted octanol–water partition coefficient (Wildman–Crippen LogP) is 3.88. The van der Waals surface area contributed by atoms with Crippen LogP contribution in [0.1, 0.15) is 15.9 Å². The summed E-state index contributed by atoms with van der Waals surface area (Å²) in [6.07, 6.45) is 1.46. The van der Waals surface area contributed by atoms with Crippen molar-refractivity contribution in [1.82, 2.24) is 5.43 Å². The van der Waals surface area contributed by atoms with Gasteiger partial charge >= 0.3 is 0 Å². The molecule has 0 aliphatic carbocycles. The standard InChI is InChI=1S/C16H14BrClN2O3/c1-22-14-8-15(23-2)13(18)7-11(14)9-19-20-16(21)10-4-3-5-12(17)6-10/h3-9H,1-2H3,(H,20,21)/b19-9-. The summed E-state index contributed by atoms with van der Waals surface area (Å²) in [6.45, 7) is 0. The minimum absolute atomic E-state index is 0.318. The molecule has 120 valence electrons. The lowest BCUT2D eigenvalue weighted by Crippen LogP contribution is -2.17. The highest BCUT2D eigenvalue weighted by Gasteiger charge is 2.09. The topological polar surface area (TPSA) is 59.9 Å². The molecule has 7 heteroatoms. The fourth-order valence-electron chi connectivity index (χ4n) is 1.84. The van der Waals surface area contributed by atoms with Gasteiger partial charge in [-0.3, -0.25) is 4.79 Å². The van der Waals surface area contributed by atoms with Crippen LogP contribution in [0.25, 0.3) is 0 Å². The van der Waals surface area contributed by atoms with Gasteiger partial charge in [-0.05, 0) is 24.3 Å². The van der Waals surface area contributed by atoms with E-state index in [2.05, 4.69) is 26.5 Å². The molecule has 0 saturated heterocycles. The maximum Gasteiger partial charge on any atom is 0.271 e. The Morgan fingerprint density at radius 2 is 1.96 bits per heavy atom. The van der Waals surface area contributed by atoms with Gasteiger partial charge in [-0.15, -0.1) is 0 Å². The molecule has 0 atom stereocenters. The first-order valence-electron chi connectivity index (χ1n) is 6.55. The summed E-state index contributed by atoms with van der Waals surface area (Å²) < 4.78 is 11.2. The first-order valence-corrected chi connectivity index (χ1v) is 7.72. The Balaban J connectivity index is 2.14. The van der Waals surface area contributed by atoms with Gasteiger partial charge in [0.15, 0.2) is 0 Å². The zero-order chi connectivity index (χ0) is 16.8. The number of amides is 1. The molecule has 0 aliphatic heterocycles. The molecule has 1 N–H and O–H groups in total. The molecule has 0 spiro atoms. The number of hydrazone groups is 1. The van der Waals surface area contributed by atoms with E-state index in [1.165, 1.54) is 20.4 Å². The van der Waals surface area contributed by atoms with Crippen LogP contribution in [-0.2, 0) is 0 Å². The van der Waals surface area contributed by atoms with Crippen LogP contribution in [0.15, 0.2) is 46.0 Å². The molecule has 0 unspecified atom stereocenters. The number of rotatable bonds is 5. The van der Waals surface area contributed by atoms with Crippen molar-refractivity contribution in [2.45, 2.75) is 0 Å². The Hall–Kier alpha value is -2.05. The molecule has 2 aromatic carbocycles. The van der Waals surface area contributed by atoms with Gasteiger partial charge in [0.05, 0.1) is 25.5 Å². The Labute approximate surface area is 147 Å². The van der Waals surface area contributed by atoms with Crippen LogP contribution in [0.2, 0.25) is 5.02 Å². The van der Waals surface area contributed by atoms with Crippen LogP contribution in [0, 0.1) is 0 Å². The van der Waals surface area contributed by atoms with E-state index in [4.69, 9.17) is 21.1 Å². The first-order chi connectivity index (χ1) is 11.0. The van der Waals surface area contributed by atoms with Crippen molar-refractivity contribution in [1.29, 1.82) is 0 Å². The third kappa shape index (κ3) is 4.46. The number of methoxy groups -OCH3 is 2. The highest BCUT2D eigenvalue weighted by molar-refractivity contribution is 9.10. The monoisotopic (exact) mass is 396 g/mol. The number of hydrogen-bond acceptors (Lipinski definition) is 4. The molecular formula is C16H14BrClN2O3. The van der Waals surface area contributed by atoms with Crippen LogP contribution in [0.5, 0.6) is 11.5 Å². The Bertz CT molecular complexity index is 750. The molecule has 0 aliphatic rings. The van der Waals surface area contributed by atoms with Crippen molar-refractivity contribution < 1.29 is 14.3 Å². The Morgan fingerprint density at radius 3 is 2.61 bits per heavy atom. The second kappa shape index (κ2) is 7.99. The molecule has 0 heterocycles. The van der Waals surface area contributed by atoms with E-state index < -0.39 is 0 Å². The number of ether oxygens (including phenoxy) is 2. The largest absolute Gasteiger partial charge is 0.496 e. The molecule has 0 radical (unpaired) electrons. The van der Waals surface area contributed by atoms with E-state index in [1.807, 2.05) is 6.07 Å². The minimum atomic E-state index is -0.318. The summed E-state index contributed by atoms with van der Waals surface area (Å²) in [5.41, 5.74) is 3.57. The predicted molar refractivity (Wildman–Crippen MR) is 93.8 cm³/mol. The number of hydrogen-bond donors (Lipinski definition) is 1. The summed E-state index contributed by atoms with van der Waals surface area (Å²) in [7, 11) is 3.05. The molecule has 1 amide bonds. The van der Waals surface area contributed by atoms with Gasteiger partial charge in [-0.25, -0.2) is 5.43 Å². The summed E-state index contributed by atoms with van der Waals surface area (Å²) in [5.74, 6) is 0.715. The average Bonchev–Trinajstić information content (AvgIpc) is 2.55. The minimum Gasteiger partial charge on any atom is -0.496 e. The number of carbonyl (C=O) groups is 1. The Kier molecular flexibility index (Phi) is 6.01. The number of carbonyl (C=O) groups excluding carboxylic acids is 1. The molecule has 0 aromatic heterocycles. The zero-order valence-corrected chi connectivity index (χ0v) is 14.8. The van der Waals surface area contributed by atoms with E-state index >= 15 is 0 Å². The van der Waals surface area contributed by atoms with Crippen LogP contribution in [0.3, 0.4) is 0 Å². The van der Waals surface area contributed by atoms with Gasteiger partial charge < -0.3 is 9.47 Å². The molecule has 23 heavy (non-hydrogen) atoms. The van der Waals surface area contributed by atoms with Crippen LogP contribution in [0.4, 0.5) is 0 Å². The highest BCUT2D eigenvalue weighted by Crippen LogP contribution is 2.31. The third-order valence-electron chi connectivity index (χ3n) is 2.96. The van der Waals surface area contributed by atoms with Crippen LogP contribution in [-0.4, -0.2) is 26.3 Å². The molecule has 2 rings (SSSR count). The van der Waals surface area contributed by atoms with Gasteiger partial charge in [0.2, 0.25) is 0 Å². The normalized spacial score (nSPS) is 10.6. The van der Waals surface area contributed by atoms with Crippen molar-refractivity contribution in [3.05, 3.63) is 57.0 Å². The van der Waals surface area contributed by atoms with E-state index in [0.717, 1.165) is 4.47 Å². The molecule has 2 aromatic rings. The fourth-order valence-corrected chi connectivity index (χ4v) is 2.49. The smallest absolute Gasteiger partial charge is 0.271 e. The Morgan fingerprint density at radius 1 is 1.22 bits per heavy atom.